The van der Waals surface area contributed by atoms with E-state index in [0.717, 1.165) is 114 Å². The average Bonchev–Trinajstić information content (AvgIpc) is 2.62. The van der Waals surface area contributed by atoms with Crippen LogP contribution in [0, 0.1) is 17.8 Å². The van der Waals surface area contributed by atoms with E-state index >= 15 is 0 Å². The fourth-order valence-corrected chi connectivity index (χ4v) is 13.8. The molecule has 0 bridgehead atoms. The van der Waals surface area contributed by atoms with Crippen molar-refractivity contribution >= 4 is 39.5 Å². The predicted molar refractivity (Wildman–Crippen MR) is 405 cm³/mol. The summed E-state index contributed by atoms with van der Waals surface area (Å²) in [5.41, 5.74) is 0. The van der Waals surface area contributed by atoms with E-state index in [2.05, 4.69) is 48.5 Å². The molecular formula is C80H156O17P2. The molecule has 588 valence electrons. The minimum atomic E-state index is -4.96. The van der Waals surface area contributed by atoms with Crippen molar-refractivity contribution < 1.29 is 80.2 Å². The Balaban J connectivity index is 5.21. The van der Waals surface area contributed by atoms with Gasteiger partial charge in [-0.25, -0.2) is 9.13 Å². The molecule has 0 spiro atoms. The van der Waals surface area contributed by atoms with Gasteiger partial charge in [0.05, 0.1) is 26.4 Å². The van der Waals surface area contributed by atoms with Crippen molar-refractivity contribution in [3.8, 4) is 0 Å². The van der Waals surface area contributed by atoms with Gasteiger partial charge in [0.1, 0.15) is 19.3 Å². The maximum absolute atomic E-state index is 13.1. The predicted octanol–water partition coefficient (Wildman–Crippen LogP) is 23.7. The molecule has 0 saturated carbocycles. The van der Waals surface area contributed by atoms with Gasteiger partial charge in [-0.3, -0.25) is 37.3 Å². The summed E-state index contributed by atoms with van der Waals surface area (Å²) in [5.74, 6) is 0.240. The molecule has 0 aliphatic heterocycles. The molecule has 0 saturated heterocycles. The molecule has 0 fully saturated rings. The summed E-state index contributed by atoms with van der Waals surface area (Å²) in [6.07, 6.45) is 58.3. The summed E-state index contributed by atoms with van der Waals surface area (Å²) < 4.78 is 68.6. The number of phosphoric acid groups is 2. The first kappa shape index (κ1) is 97.1. The Morgan fingerprint density at radius 2 is 0.515 bits per heavy atom. The Hall–Kier alpha value is -1.94. The molecule has 99 heavy (non-hydrogen) atoms. The van der Waals surface area contributed by atoms with Crippen LogP contribution in [0.3, 0.4) is 0 Å². The maximum atomic E-state index is 13.1. The largest absolute Gasteiger partial charge is 0.472 e. The minimum absolute atomic E-state index is 0.105. The number of hydrogen-bond acceptors (Lipinski definition) is 15. The highest BCUT2D eigenvalue weighted by Gasteiger charge is 2.30. The summed E-state index contributed by atoms with van der Waals surface area (Å²) in [5, 5.41) is 10.6. The average molecular weight is 1450 g/mol. The van der Waals surface area contributed by atoms with E-state index in [1.807, 2.05) is 0 Å². The van der Waals surface area contributed by atoms with Gasteiger partial charge in [0.15, 0.2) is 12.2 Å². The maximum Gasteiger partial charge on any atom is 0.472 e. The van der Waals surface area contributed by atoms with Crippen molar-refractivity contribution in [2.45, 2.75) is 433 Å². The summed E-state index contributed by atoms with van der Waals surface area (Å²) >= 11 is 0. The van der Waals surface area contributed by atoms with Gasteiger partial charge in [0.2, 0.25) is 0 Å². The van der Waals surface area contributed by atoms with Crippen molar-refractivity contribution in [2.75, 3.05) is 39.6 Å². The lowest BCUT2D eigenvalue weighted by atomic mass is 9.99. The van der Waals surface area contributed by atoms with Gasteiger partial charge in [0, 0.05) is 25.7 Å². The summed E-state index contributed by atoms with van der Waals surface area (Å²) in [4.78, 5) is 72.9. The number of phosphoric ester groups is 2. The highest BCUT2D eigenvalue weighted by Crippen LogP contribution is 2.45. The SMILES string of the molecule is CCCCCCCCCCCCCCCCC(=O)OC[C@H](COP(=O)(O)OC[C@@H](O)COP(=O)(O)OC[C@@H](COC(=O)CCCCCCCCC(C)CC)OC(=O)CCCCCCCCCCCCC(C)C)OC(=O)CCCCCCCCCCCCCCCCCCCCC(C)CC. The number of hydrogen-bond donors (Lipinski definition) is 3. The highest BCUT2D eigenvalue weighted by molar-refractivity contribution is 7.47. The second kappa shape index (κ2) is 70.4. The van der Waals surface area contributed by atoms with Gasteiger partial charge < -0.3 is 33.8 Å². The first-order valence-corrected chi connectivity index (χ1v) is 44.4. The molecular weight excluding hydrogens is 1290 g/mol. The molecule has 0 aliphatic carbocycles. The van der Waals surface area contributed by atoms with Crippen LogP contribution >= 0.6 is 15.6 Å². The molecule has 0 heterocycles. The zero-order valence-corrected chi connectivity index (χ0v) is 66.8. The van der Waals surface area contributed by atoms with Crippen LogP contribution in [-0.2, 0) is 65.4 Å². The van der Waals surface area contributed by atoms with E-state index in [4.69, 9.17) is 37.0 Å². The summed E-state index contributed by atoms with van der Waals surface area (Å²) in [6, 6.07) is 0. The molecule has 0 aromatic carbocycles. The molecule has 17 nitrogen and oxygen atoms in total. The Bertz CT molecular complexity index is 1930. The smallest absolute Gasteiger partial charge is 0.462 e. The Labute approximate surface area is 607 Å². The minimum Gasteiger partial charge on any atom is -0.462 e. The van der Waals surface area contributed by atoms with Gasteiger partial charge >= 0.3 is 39.5 Å². The van der Waals surface area contributed by atoms with Gasteiger partial charge in [-0.15, -0.1) is 0 Å². The highest BCUT2D eigenvalue weighted by atomic mass is 31.2. The monoisotopic (exact) mass is 1450 g/mol. The van der Waals surface area contributed by atoms with E-state index in [-0.39, 0.29) is 25.7 Å². The van der Waals surface area contributed by atoms with Crippen molar-refractivity contribution in [1.29, 1.82) is 0 Å². The van der Waals surface area contributed by atoms with Crippen LogP contribution in [0.5, 0.6) is 0 Å². The van der Waals surface area contributed by atoms with Gasteiger partial charge in [-0.05, 0) is 43.4 Å². The van der Waals surface area contributed by atoms with Gasteiger partial charge in [-0.2, -0.15) is 0 Å². The molecule has 7 atom stereocenters. The van der Waals surface area contributed by atoms with Gasteiger partial charge in [-0.1, -0.05) is 363 Å². The topological polar surface area (TPSA) is 237 Å². The normalized spacial score (nSPS) is 14.5. The first-order chi connectivity index (χ1) is 47.8. The number of carbonyl (C=O) groups is 4. The third kappa shape index (κ3) is 71.5. The zero-order chi connectivity index (χ0) is 73.0. The Kier molecular flexibility index (Phi) is 69.0. The van der Waals surface area contributed by atoms with Crippen LogP contribution in [-0.4, -0.2) is 96.7 Å². The van der Waals surface area contributed by atoms with E-state index < -0.39 is 97.5 Å². The second-order valence-corrected chi connectivity index (χ2v) is 32.7. The van der Waals surface area contributed by atoms with Crippen molar-refractivity contribution in [3.05, 3.63) is 0 Å². The van der Waals surface area contributed by atoms with Crippen LogP contribution in [0.1, 0.15) is 414 Å². The number of esters is 4. The van der Waals surface area contributed by atoms with Gasteiger partial charge in [0.25, 0.3) is 0 Å². The third-order valence-electron chi connectivity index (χ3n) is 19.4. The molecule has 3 N–H and O–H groups in total. The van der Waals surface area contributed by atoms with Crippen molar-refractivity contribution in [3.63, 3.8) is 0 Å². The fourth-order valence-electron chi connectivity index (χ4n) is 12.2. The molecule has 0 amide bonds. The third-order valence-corrected chi connectivity index (χ3v) is 21.3. The van der Waals surface area contributed by atoms with E-state index in [1.165, 1.54) is 218 Å². The lowest BCUT2D eigenvalue weighted by molar-refractivity contribution is -0.161. The molecule has 0 aromatic rings. The lowest BCUT2D eigenvalue weighted by Crippen LogP contribution is -2.30. The number of aliphatic hydroxyl groups excluding tert-OH is 1. The number of unbranched alkanes of at least 4 members (excludes halogenated alkanes) is 44. The quantitative estimate of drug-likeness (QED) is 0.0222. The summed E-state index contributed by atoms with van der Waals surface area (Å²) in [6.45, 7) is 11.9. The van der Waals surface area contributed by atoms with Crippen LogP contribution in [0.25, 0.3) is 0 Å². The van der Waals surface area contributed by atoms with E-state index in [0.29, 0.717) is 25.7 Å². The first-order valence-electron chi connectivity index (χ1n) is 41.4. The second-order valence-electron chi connectivity index (χ2n) is 29.8. The number of rotatable bonds is 78. The van der Waals surface area contributed by atoms with Crippen LogP contribution in [0.15, 0.2) is 0 Å². The van der Waals surface area contributed by atoms with Crippen LogP contribution in [0.4, 0.5) is 0 Å². The molecule has 0 aliphatic rings. The van der Waals surface area contributed by atoms with Crippen molar-refractivity contribution in [1.82, 2.24) is 0 Å². The number of aliphatic hydroxyl groups is 1. The standard InChI is InChI=1S/C80H156O17P2/c1-8-11-12-13-14-15-16-17-25-28-34-39-47-54-61-77(82)90-67-75(96-79(84)63-56-49-40-35-29-26-23-21-19-18-20-22-24-27-33-38-45-52-59-72(6)9-2)69-94-98(86,87)92-65-74(81)66-93-99(88,89)95-70-76(68-91-78(83)62-55-48-43-42-46-53-60-73(7)10-3)97-80(85)64-57-50-41-36-31-30-32-37-44-51-58-71(4)5/h71-76,81H,8-70H2,1-7H3,(H,86,87)(H,88,89)/t72?,73?,74-,75-,76-/m1/s1. The molecule has 19 heteroatoms. The van der Waals surface area contributed by atoms with Crippen LogP contribution in [0.2, 0.25) is 0 Å². The molecule has 4 unspecified atom stereocenters. The van der Waals surface area contributed by atoms with Crippen LogP contribution < -0.4 is 0 Å². The van der Waals surface area contributed by atoms with E-state index in [1.54, 1.807) is 0 Å². The molecule has 0 aromatic heterocycles. The Morgan fingerprint density at radius 3 is 0.768 bits per heavy atom. The summed E-state index contributed by atoms with van der Waals surface area (Å²) in [7, 11) is -9.92. The number of carbonyl (C=O) groups excluding carboxylic acids is 4. The van der Waals surface area contributed by atoms with Crippen molar-refractivity contribution in [2.24, 2.45) is 17.8 Å². The fraction of sp³-hybridized carbons (Fsp3) is 0.950. The Morgan fingerprint density at radius 1 is 0.293 bits per heavy atom. The zero-order valence-electron chi connectivity index (χ0n) is 65.0. The number of ether oxygens (including phenoxy) is 4. The lowest BCUT2D eigenvalue weighted by Gasteiger charge is -2.21. The molecule has 0 radical (unpaired) electrons. The van der Waals surface area contributed by atoms with E-state index in [9.17, 15) is 43.2 Å². The molecule has 0 rings (SSSR count).